The van der Waals surface area contributed by atoms with Crippen LogP contribution in [-0.4, -0.2) is 48.7 Å². The van der Waals surface area contributed by atoms with E-state index < -0.39 is 11.4 Å². The zero-order valence-electron chi connectivity index (χ0n) is 13.3. The van der Waals surface area contributed by atoms with Crippen molar-refractivity contribution in [3.63, 3.8) is 0 Å². The molecule has 1 aromatic heterocycles. The molecule has 1 fully saturated rings. The Morgan fingerprint density at radius 3 is 2.73 bits per heavy atom. The molecule has 122 valence electrons. The molecule has 0 saturated carbocycles. The minimum atomic E-state index is -0.920. The summed E-state index contributed by atoms with van der Waals surface area (Å²) in [4.78, 5) is 26.0. The molecule has 0 unspecified atom stereocenters. The van der Waals surface area contributed by atoms with Crippen LogP contribution in [0.15, 0.2) is 10.5 Å². The highest BCUT2D eigenvalue weighted by atomic mass is 16.5. The van der Waals surface area contributed by atoms with E-state index in [4.69, 9.17) is 9.15 Å². The van der Waals surface area contributed by atoms with Crippen molar-refractivity contribution in [3.05, 3.63) is 23.2 Å². The summed E-state index contributed by atoms with van der Waals surface area (Å²) >= 11 is 0. The summed E-state index contributed by atoms with van der Waals surface area (Å²) in [6.07, 6.45) is 1.66. The van der Waals surface area contributed by atoms with Crippen molar-refractivity contribution < 1.29 is 23.8 Å². The van der Waals surface area contributed by atoms with Crippen molar-refractivity contribution in [1.29, 1.82) is 0 Å². The molecular weight excluding hydrogens is 286 g/mol. The van der Waals surface area contributed by atoms with Gasteiger partial charge < -0.3 is 19.2 Å². The van der Waals surface area contributed by atoms with Crippen LogP contribution in [0.1, 0.15) is 41.1 Å². The Hall–Kier alpha value is -1.82. The molecule has 1 N–H and O–H groups in total. The van der Waals surface area contributed by atoms with Gasteiger partial charge in [0.25, 0.3) is 5.91 Å². The molecule has 1 atom stereocenters. The van der Waals surface area contributed by atoms with Gasteiger partial charge in [0.2, 0.25) is 0 Å². The number of furan rings is 1. The van der Waals surface area contributed by atoms with E-state index >= 15 is 0 Å². The molecule has 0 bridgehead atoms. The van der Waals surface area contributed by atoms with Gasteiger partial charge in [-0.05, 0) is 39.2 Å². The molecule has 22 heavy (non-hydrogen) atoms. The number of carbonyl (C=O) groups is 2. The van der Waals surface area contributed by atoms with Crippen molar-refractivity contribution in [2.24, 2.45) is 5.41 Å². The number of piperidine rings is 1. The van der Waals surface area contributed by atoms with E-state index in [1.165, 1.54) is 0 Å². The number of hydrogen-bond donors (Lipinski definition) is 1. The predicted molar refractivity (Wildman–Crippen MR) is 79.9 cm³/mol. The molecule has 0 aliphatic carbocycles. The van der Waals surface area contributed by atoms with Crippen LogP contribution < -0.4 is 0 Å². The van der Waals surface area contributed by atoms with Crippen molar-refractivity contribution >= 4 is 11.9 Å². The lowest BCUT2D eigenvalue weighted by Gasteiger charge is -2.39. The summed E-state index contributed by atoms with van der Waals surface area (Å²) in [7, 11) is 1.55. The fourth-order valence-corrected chi connectivity index (χ4v) is 3.10. The van der Waals surface area contributed by atoms with Crippen LogP contribution in [0.25, 0.3) is 0 Å². The summed E-state index contributed by atoms with van der Waals surface area (Å²) in [5.74, 6) is 0.242. The quantitative estimate of drug-likeness (QED) is 0.902. The molecule has 1 aliphatic heterocycles. The molecule has 1 amide bonds. The van der Waals surface area contributed by atoms with E-state index in [1.807, 2.05) is 0 Å². The van der Waals surface area contributed by atoms with Crippen LogP contribution >= 0.6 is 0 Å². The average Bonchev–Trinajstić information content (AvgIpc) is 2.83. The number of rotatable bonds is 5. The highest BCUT2D eigenvalue weighted by molar-refractivity contribution is 5.95. The minimum Gasteiger partial charge on any atom is -0.481 e. The zero-order valence-corrected chi connectivity index (χ0v) is 13.3. The van der Waals surface area contributed by atoms with Gasteiger partial charge in [0.15, 0.2) is 0 Å². The summed E-state index contributed by atoms with van der Waals surface area (Å²) in [6.45, 7) is 4.70. The van der Waals surface area contributed by atoms with Gasteiger partial charge in [0.05, 0.1) is 11.0 Å². The smallest absolute Gasteiger partial charge is 0.311 e. The zero-order chi connectivity index (χ0) is 16.3. The van der Waals surface area contributed by atoms with Crippen molar-refractivity contribution in [2.45, 2.75) is 33.1 Å². The van der Waals surface area contributed by atoms with E-state index in [9.17, 15) is 14.7 Å². The lowest BCUT2D eigenvalue weighted by Crippen LogP contribution is -2.50. The molecule has 0 radical (unpaired) electrons. The Kier molecular flexibility index (Phi) is 4.90. The monoisotopic (exact) mass is 309 g/mol. The topological polar surface area (TPSA) is 80.0 Å². The van der Waals surface area contributed by atoms with Gasteiger partial charge in [-0.1, -0.05) is 0 Å². The Bertz CT molecular complexity index is 565. The second kappa shape index (κ2) is 6.52. The van der Waals surface area contributed by atoms with Crippen molar-refractivity contribution in [2.75, 3.05) is 26.8 Å². The average molecular weight is 309 g/mol. The number of carboxylic acids is 1. The number of aliphatic carboxylic acids is 1. The van der Waals surface area contributed by atoms with Gasteiger partial charge in [0, 0.05) is 26.8 Å². The number of aryl methyl sites for hydroxylation is 2. The summed E-state index contributed by atoms with van der Waals surface area (Å²) in [5, 5.41) is 9.63. The summed E-state index contributed by atoms with van der Waals surface area (Å²) in [6, 6.07) is 1.71. The van der Waals surface area contributed by atoms with Crippen LogP contribution in [0, 0.1) is 19.3 Å². The second-order valence-corrected chi connectivity index (χ2v) is 5.99. The van der Waals surface area contributed by atoms with Crippen LogP contribution in [0.4, 0.5) is 0 Å². The number of methoxy groups -OCH3 is 1. The van der Waals surface area contributed by atoms with Gasteiger partial charge in [-0.25, -0.2) is 0 Å². The number of likely N-dealkylation sites (tertiary alicyclic amines) is 1. The van der Waals surface area contributed by atoms with Crippen LogP contribution in [0.2, 0.25) is 0 Å². The van der Waals surface area contributed by atoms with Crippen molar-refractivity contribution in [3.8, 4) is 0 Å². The van der Waals surface area contributed by atoms with E-state index in [0.29, 0.717) is 49.5 Å². The minimum absolute atomic E-state index is 0.155. The molecular formula is C16H23NO5. The Morgan fingerprint density at radius 2 is 2.18 bits per heavy atom. The van der Waals surface area contributed by atoms with E-state index in [-0.39, 0.29) is 12.5 Å². The molecule has 6 nitrogen and oxygen atoms in total. The van der Waals surface area contributed by atoms with E-state index in [0.717, 1.165) is 0 Å². The fourth-order valence-electron chi connectivity index (χ4n) is 3.10. The summed E-state index contributed by atoms with van der Waals surface area (Å²) < 4.78 is 10.4. The van der Waals surface area contributed by atoms with Gasteiger partial charge in [-0.2, -0.15) is 0 Å². The standard InChI is InChI=1S/C16H23NO5/c1-11-9-13(12(2)22-11)14(18)17-7-4-5-16(10-17,15(19)20)6-8-21-3/h9H,4-8,10H2,1-3H3,(H,19,20)/t16-/m0/s1. The first-order valence-electron chi connectivity index (χ1n) is 7.48. The third kappa shape index (κ3) is 3.16. The third-order valence-corrected chi connectivity index (χ3v) is 4.37. The molecule has 2 rings (SSSR count). The third-order valence-electron chi connectivity index (χ3n) is 4.37. The number of amides is 1. The van der Waals surface area contributed by atoms with E-state index in [2.05, 4.69) is 0 Å². The number of hydrogen-bond acceptors (Lipinski definition) is 4. The molecule has 1 aliphatic rings. The van der Waals surface area contributed by atoms with Gasteiger partial charge in [-0.15, -0.1) is 0 Å². The second-order valence-electron chi connectivity index (χ2n) is 5.99. The maximum absolute atomic E-state index is 12.7. The molecule has 1 saturated heterocycles. The first-order chi connectivity index (χ1) is 10.4. The lowest BCUT2D eigenvalue weighted by molar-refractivity contribution is -0.153. The Balaban J connectivity index is 2.20. The predicted octanol–water partition coefficient (Wildman–Crippen LogP) is 2.24. The fraction of sp³-hybridized carbons (Fsp3) is 0.625. The maximum atomic E-state index is 12.7. The summed E-state index contributed by atoms with van der Waals surface area (Å²) in [5.41, 5.74) is -0.401. The van der Waals surface area contributed by atoms with Crippen molar-refractivity contribution in [1.82, 2.24) is 4.90 Å². The van der Waals surface area contributed by atoms with Gasteiger partial charge in [-0.3, -0.25) is 9.59 Å². The van der Waals surface area contributed by atoms with Gasteiger partial charge in [0.1, 0.15) is 11.5 Å². The molecule has 0 spiro atoms. The normalized spacial score (nSPS) is 21.9. The highest BCUT2D eigenvalue weighted by Gasteiger charge is 2.43. The first kappa shape index (κ1) is 16.5. The molecule has 6 heteroatoms. The highest BCUT2D eigenvalue weighted by Crippen LogP contribution is 2.35. The molecule has 0 aromatic carbocycles. The number of ether oxygens (including phenoxy) is 1. The Labute approximate surface area is 130 Å². The van der Waals surface area contributed by atoms with Crippen LogP contribution in [-0.2, 0) is 9.53 Å². The maximum Gasteiger partial charge on any atom is 0.311 e. The lowest BCUT2D eigenvalue weighted by atomic mass is 9.77. The molecule has 2 heterocycles. The number of carboxylic acid groups (broad SMARTS) is 1. The van der Waals surface area contributed by atoms with E-state index in [1.54, 1.807) is 31.9 Å². The molecule has 1 aromatic rings. The van der Waals surface area contributed by atoms with Crippen LogP contribution in [0.3, 0.4) is 0 Å². The first-order valence-corrected chi connectivity index (χ1v) is 7.48. The Morgan fingerprint density at radius 1 is 1.45 bits per heavy atom. The SMILES string of the molecule is COCC[C@@]1(C(=O)O)CCCN(C(=O)c2cc(C)oc2C)C1. The van der Waals surface area contributed by atoms with Crippen LogP contribution in [0.5, 0.6) is 0 Å². The number of carbonyl (C=O) groups excluding carboxylic acids is 1. The van der Waals surface area contributed by atoms with Gasteiger partial charge >= 0.3 is 5.97 Å². The largest absolute Gasteiger partial charge is 0.481 e. The number of nitrogens with zero attached hydrogens (tertiary/aromatic N) is 1.